The van der Waals surface area contributed by atoms with Gasteiger partial charge in [-0.3, -0.25) is 42.1 Å². The molecular weight excluding hydrogens is 622 g/mol. The fraction of sp³-hybridized carbons (Fsp3) is 1.00. The van der Waals surface area contributed by atoms with Crippen molar-refractivity contribution < 1.29 is 130 Å². The SMILES string of the molecule is CCO.O=S(=O)([O-])[O-].O=S(=O)([O-])[O-].O=S(=O)([O-])[O-].O=S(=O)([O-])[O-].O=S(=O)([O-])[O-].[V].[V]. The zero-order valence-corrected chi connectivity index (χ0v) is 20.1. The third kappa shape index (κ3) is 93800. The van der Waals surface area contributed by atoms with E-state index in [1.807, 2.05) is 0 Å². The Bertz CT molecular complexity index is 645. The van der Waals surface area contributed by atoms with Crippen LogP contribution in [0.3, 0.4) is 0 Å². The predicted molar refractivity (Wildman–Crippen MR) is 65.1 cm³/mol. The molecule has 1 N–H and O–H groups in total. The average molecular weight is 628 g/mol. The summed E-state index contributed by atoms with van der Waals surface area (Å²) in [6.07, 6.45) is 0. The summed E-state index contributed by atoms with van der Waals surface area (Å²) in [5.74, 6) is 0. The van der Waals surface area contributed by atoms with Gasteiger partial charge >= 0.3 is 0 Å². The number of hydrogen-bond donors (Lipinski definition) is 1. The van der Waals surface area contributed by atoms with Gasteiger partial charge in [-0.1, -0.05) is 0 Å². The Labute approximate surface area is 194 Å². The van der Waals surface area contributed by atoms with Crippen molar-refractivity contribution in [3.63, 3.8) is 0 Å². The van der Waals surface area contributed by atoms with Crippen LogP contribution in [0.1, 0.15) is 6.92 Å². The molecule has 0 aliphatic heterocycles. The third-order valence-electron chi connectivity index (χ3n) is 0. The van der Waals surface area contributed by atoms with Gasteiger partial charge in [0.25, 0.3) is 0 Å². The van der Waals surface area contributed by atoms with Crippen molar-refractivity contribution in [3.8, 4) is 0 Å². The van der Waals surface area contributed by atoms with Gasteiger partial charge in [0.15, 0.2) is 0 Å². The van der Waals surface area contributed by atoms with Gasteiger partial charge in [-0.2, -0.15) is 0 Å². The molecule has 0 bridgehead atoms. The Hall–Kier alpha value is 0.479. The van der Waals surface area contributed by atoms with Crippen LogP contribution in [0.15, 0.2) is 0 Å². The van der Waals surface area contributed by atoms with E-state index in [9.17, 15) is 0 Å². The van der Waals surface area contributed by atoms with E-state index >= 15 is 0 Å². The Morgan fingerprint density at radius 1 is 0.433 bits per heavy atom. The minimum atomic E-state index is -5.17. The molecule has 0 aliphatic rings. The van der Waals surface area contributed by atoms with Crippen LogP contribution in [-0.4, -0.2) is 99.3 Å². The van der Waals surface area contributed by atoms with Crippen LogP contribution in [0.5, 0.6) is 0 Å². The van der Waals surface area contributed by atoms with Crippen molar-refractivity contribution in [2.45, 2.75) is 6.92 Å². The zero-order valence-electron chi connectivity index (χ0n) is 13.3. The van der Waals surface area contributed by atoms with Crippen LogP contribution in [-0.2, 0) is 89.1 Å². The van der Waals surface area contributed by atoms with Gasteiger partial charge in [0.1, 0.15) is 0 Å². The molecule has 0 aromatic carbocycles. The number of rotatable bonds is 0. The standard InChI is InChI=1S/C2H6O.5H2O4S.2V/c1-2-3;5*1-5(2,3)4;;/h3H,2H2,1H3;5*(H2,1,2,3,4);;/p-10. The minimum absolute atomic E-state index is 0. The van der Waals surface area contributed by atoms with E-state index in [0.29, 0.717) is 0 Å². The first kappa shape index (κ1) is 52.4. The molecule has 0 aliphatic carbocycles. The molecular formula is C2H6O21S5V2-10. The van der Waals surface area contributed by atoms with E-state index < -0.39 is 52.0 Å². The molecule has 0 spiro atoms. The molecule has 2 radical (unpaired) electrons. The molecule has 190 valence electrons. The number of hydrogen-bond acceptors (Lipinski definition) is 21. The zero-order chi connectivity index (χ0) is 25.2. The van der Waals surface area contributed by atoms with Crippen molar-refractivity contribution in [3.05, 3.63) is 0 Å². The first-order valence-electron chi connectivity index (χ1n) is 4.36. The van der Waals surface area contributed by atoms with E-state index in [4.69, 9.17) is 92.7 Å². The van der Waals surface area contributed by atoms with Crippen LogP contribution < -0.4 is 0 Å². The normalized spacial score (nSPS) is 10.3. The summed E-state index contributed by atoms with van der Waals surface area (Å²) >= 11 is 0. The van der Waals surface area contributed by atoms with Gasteiger partial charge in [-0.15, -0.1) is 0 Å². The van der Waals surface area contributed by atoms with Crippen LogP contribution in [0.2, 0.25) is 0 Å². The molecule has 0 fully saturated rings. The Balaban J connectivity index is -0.0000000320. The Kier molecular flexibility index (Phi) is 42.2. The van der Waals surface area contributed by atoms with Crippen LogP contribution in [0.4, 0.5) is 0 Å². The molecule has 21 nitrogen and oxygen atoms in total. The predicted octanol–water partition coefficient (Wildman–Crippen LogP) is -6.70. The van der Waals surface area contributed by atoms with Gasteiger partial charge in [0, 0.05) is 95.7 Å². The molecule has 0 atom stereocenters. The molecule has 0 rings (SSSR count). The second-order valence-electron chi connectivity index (χ2n) is 2.36. The smallest absolute Gasteiger partial charge is 0.0402 e. The van der Waals surface area contributed by atoms with Gasteiger partial charge in [0.05, 0.1) is 0 Å². The van der Waals surface area contributed by atoms with E-state index in [0.717, 1.165) is 0 Å². The van der Waals surface area contributed by atoms with Gasteiger partial charge in [-0.25, -0.2) is 0 Å². The second kappa shape index (κ2) is 24.1. The van der Waals surface area contributed by atoms with Gasteiger partial charge in [-0.05, 0) is 6.92 Å². The van der Waals surface area contributed by atoms with Gasteiger partial charge < -0.3 is 50.6 Å². The molecule has 28 heteroatoms. The monoisotopic (exact) mass is 628 g/mol. The van der Waals surface area contributed by atoms with Crippen molar-refractivity contribution in [1.29, 1.82) is 0 Å². The molecule has 30 heavy (non-hydrogen) atoms. The summed E-state index contributed by atoms with van der Waals surface area (Å²) in [6, 6.07) is 0. The molecule has 0 unspecified atom stereocenters. The molecule has 0 heterocycles. The maximum atomic E-state index is 8.52. The summed E-state index contributed by atoms with van der Waals surface area (Å²) in [6.45, 7) is 1.93. The minimum Gasteiger partial charge on any atom is -0.759 e. The number of aliphatic hydroxyl groups excluding tert-OH is 1. The molecule has 0 aromatic rings. The van der Waals surface area contributed by atoms with E-state index in [1.54, 1.807) is 6.92 Å². The quantitative estimate of drug-likeness (QED) is 0.192. The topological polar surface area (TPSA) is 422 Å². The molecule has 0 amide bonds. The summed E-state index contributed by atoms with van der Waals surface area (Å²) in [5, 5.41) is 7.57. The fourth-order valence-electron chi connectivity index (χ4n) is 0. The average Bonchev–Trinajstić information content (AvgIpc) is 2.00. The van der Waals surface area contributed by atoms with E-state index in [1.165, 1.54) is 0 Å². The summed E-state index contributed by atoms with van der Waals surface area (Å²) < 4.78 is 170. The number of aliphatic hydroxyl groups is 1. The maximum Gasteiger partial charge on any atom is 0.0402 e. The first-order chi connectivity index (χ1) is 11.4. The summed E-state index contributed by atoms with van der Waals surface area (Å²) in [7, 11) is -25.8. The molecule has 0 saturated heterocycles. The largest absolute Gasteiger partial charge is 0.759 e. The van der Waals surface area contributed by atoms with Crippen LogP contribution in [0, 0.1) is 0 Å². The van der Waals surface area contributed by atoms with E-state index in [-0.39, 0.29) is 43.7 Å². The Morgan fingerprint density at radius 3 is 0.433 bits per heavy atom. The Morgan fingerprint density at radius 2 is 0.433 bits per heavy atom. The second-order valence-corrected chi connectivity index (χ2v) is 6.44. The van der Waals surface area contributed by atoms with Gasteiger partial charge in [0.2, 0.25) is 0 Å². The fourth-order valence-corrected chi connectivity index (χ4v) is 0. The third-order valence-corrected chi connectivity index (χ3v) is 0. The van der Waals surface area contributed by atoms with Crippen molar-refractivity contribution in [2.24, 2.45) is 0 Å². The van der Waals surface area contributed by atoms with Crippen molar-refractivity contribution >= 4 is 52.0 Å². The molecule has 0 saturated carbocycles. The molecule has 0 aromatic heterocycles. The van der Waals surface area contributed by atoms with Crippen LogP contribution >= 0.6 is 0 Å². The maximum absolute atomic E-state index is 8.52. The first-order valence-corrected chi connectivity index (χ1v) is 11.0. The van der Waals surface area contributed by atoms with Crippen molar-refractivity contribution in [1.82, 2.24) is 0 Å². The summed E-state index contributed by atoms with van der Waals surface area (Å²) in [5.41, 5.74) is 0. The van der Waals surface area contributed by atoms with E-state index in [2.05, 4.69) is 0 Å². The van der Waals surface area contributed by atoms with Crippen LogP contribution in [0.25, 0.3) is 0 Å². The summed E-state index contributed by atoms with van der Waals surface area (Å²) in [4.78, 5) is 0. The van der Waals surface area contributed by atoms with Crippen molar-refractivity contribution in [2.75, 3.05) is 6.61 Å².